The van der Waals surface area contributed by atoms with E-state index >= 15 is 0 Å². The quantitative estimate of drug-likeness (QED) is 0.644. The molecule has 2 heteroatoms. The van der Waals surface area contributed by atoms with Crippen LogP contribution in [0.2, 0.25) is 0 Å². The molecule has 2 nitrogen and oxygen atoms in total. The first-order valence-electron chi connectivity index (χ1n) is 4.05. The largest absolute Gasteiger partial charge is 0.393 e. The van der Waals surface area contributed by atoms with Crippen molar-refractivity contribution in [3.63, 3.8) is 0 Å². The number of rotatable bonds is 3. The smallest absolute Gasteiger partial charge is 0.0512 e. The van der Waals surface area contributed by atoms with Gasteiger partial charge in [0, 0.05) is 13.2 Å². The number of hydrogen-bond donors (Lipinski definition) is 1. The van der Waals surface area contributed by atoms with Crippen molar-refractivity contribution >= 4 is 0 Å². The predicted octanol–water partition coefficient (Wildman–Crippen LogP) is 1.18. The van der Waals surface area contributed by atoms with Crippen molar-refractivity contribution in [1.82, 2.24) is 0 Å². The minimum Gasteiger partial charge on any atom is -0.393 e. The predicted molar refractivity (Wildman–Crippen MR) is 39.8 cm³/mol. The normalized spacial score (nSPS) is 28.8. The Morgan fingerprint density at radius 2 is 2.50 bits per heavy atom. The summed E-state index contributed by atoms with van der Waals surface area (Å²) in [6, 6.07) is 0. The summed E-state index contributed by atoms with van der Waals surface area (Å²) in [4.78, 5) is 0. The second kappa shape index (κ2) is 3.94. The lowest BCUT2D eigenvalue weighted by atomic mass is 10.0. The van der Waals surface area contributed by atoms with Gasteiger partial charge in [0.05, 0.1) is 6.10 Å². The van der Waals surface area contributed by atoms with Crippen LogP contribution < -0.4 is 0 Å². The minimum atomic E-state index is -0.138. The van der Waals surface area contributed by atoms with E-state index in [2.05, 4.69) is 0 Å². The van der Waals surface area contributed by atoms with Gasteiger partial charge in [0.1, 0.15) is 0 Å². The highest BCUT2D eigenvalue weighted by molar-refractivity contribution is 4.64. The highest BCUT2D eigenvalue weighted by Gasteiger charge is 2.15. The van der Waals surface area contributed by atoms with Crippen molar-refractivity contribution in [3.8, 4) is 0 Å². The van der Waals surface area contributed by atoms with Gasteiger partial charge < -0.3 is 9.84 Å². The molecule has 1 aliphatic rings. The molecular formula is C8H16O2. The molecule has 1 unspecified atom stereocenters. The SMILES string of the molecule is C[C@H](O)CCC1CCOC1. The standard InChI is InChI=1S/C8H16O2/c1-7(9)2-3-8-4-5-10-6-8/h7-9H,2-6H2,1H3/t7-,8?/m0/s1. The van der Waals surface area contributed by atoms with Crippen LogP contribution >= 0.6 is 0 Å². The molecule has 0 aromatic heterocycles. The second-order valence-corrected chi connectivity index (χ2v) is 3.16. The molecular weight excluding hydrogens is 128 g/mol. The van der Waals surface area contributed by atoms with E-state index in [0.717, 1.165) is 32.0 Å². The summed E-state index contributed by atoms with van der Waals surface area (Å²) in [6.07, 6.45) is 3.10. The molecule has 0 bridgehead atoms. The molecule has 2 atom stereocenters. The summed E-state index contributed by atoms with van der Waals surface area (Å²) in [5.41, 5.74) is 0. The Morgan fingerprint density at radius 1 is 1.70 bits per heavy atom. The van der Waals surface area contributed by atoms with Gasteiger partial charge in [-0.3, -0.25) is 0 Å². The maximum absolute atomic E-state index is 8.97. The van der Waals surface area contributed by atoms with Crippen molar-refractivity contribution in [1.29, 1.82) is 0 Å². The van der Waals surface area contributed by atoms with Crippen molar-refractivity contribution in [3.05, 3.63) is 0 Å². The number of ether oxygens (including phenoxy) is 1. The zero-order valence-corrected chi connectivity index (χ0v) is 6.55. The zero-order chi connectivity index (χ0) is 7.40. The molecule has 10 heavy (non-hydrogen) atoms. The monoisotopic (exact) mass is 144 g/mol. The molecule has 0 radical (unpaired) electrons. The van der Waals surface area contributed by atoms with E-state index in [-0.39, 0.29) is 6.10 Å². The average Bonchev–Trinajstić information content (AvgIpc) is 2.34. The molecule has 1 rings (SSSR count). The Morgan fingerprint density at radius 3 is 3.00 bits per heavy atom. The fourth-order valence-electron chi connectivity index (χ4n) is 1.29. The van der Waals surface area contributed by atoms with Crippen LogP contribution in [0, 0.1) is 5.92 Å². The molecule has 0 aliphatic carbocycles. The molecule has 0 spiro atoms. The Bertz CT molecular complexity index is 85.3. The third-order valence-corrected chi connectivity index (χ3v) is 2.02. The lowest BCUT2D eigenvalue weighted by molar-refractivity contribution is 0.160. The molecule has 0 aromatic carbocycles. The van der Waals surface area contributed by atoms with Crippen LogP contribution in [0.5, 0.6) is 0 Å². The topological polar surface area (TPSA) is 29.5 Å². The summed E-state index contributed by atoms with van der Waals surface area (Å²) in [6.45, 7) is 3.67. The third-order valence-electron chi connectivity index (χ3n) is 2.02. The number of aliphatic hydroxyl groups is 1. The first-order valence-corrected chi connectivity index (χ1v) is 4.05. The number of aliphatic hydroxyl groups excluding tert-OH is 1. The van der Waals surface area contributed by atoms with Gasteiger partial charge in [-0.25, -0.2) is 0 Å². The zero-order valence-electron chi connectivity index (χ0n) is 6.55. The Hall–Kier alpha value is -0.0800. The average molecular weight is 144 g/mol. The van der Waals surface area contributed by atoms with Crippen LogP contribution in [-0.4, -0.2) is 24.4 Å². The maximum Gasteiger partial charge on any atom is 0.0512 e. The van der Waals surface area contributed by atoms with Crippen molar-refractivity contribution in [2.75, 3.05) is 13.2 Å². The molecule has 0 aromatic rings. The van der Waals surface area contributed by atoms with E-state index in [1.165, 1.54) is 6.42 Å². The van der Waals surface area contributed by atoms with Crippen LogP contribution in [0.3, 0.4) is 0 Å². The molecule has 60 valence electrons. The van der Waals surface area contributed by atoms with Gasteiger partial charge in [0.15, 0.2) is 0 Å². The highest BCUT2D eigenvalue weighted by atomic mass is 16.5. The second-order valence-electron chi connectivity index (χ2n) is 3.16. The van der Waals surface area contributed by atoms with Gasteiger partial charge in [-0.05, 0) is 32.1 Å². The molecule has 1 N–H and O–H groups in total. The van der Waals surface area contributed by atoms with Gasteiger partial charge in [-0.2, -0.15) is 0 Å². The third kappa shape index (κ3) is 2.67. The Kier molecular flexibility index (Phi) is 3.16. The lowest BCUT2D eigenvalue weighted by Gasteiger charge is -2.07. The van der Waals surface area contributed by atoms with E-state index in [1.54, 1.807) is 0 Å². The van der Waals surface area contributed by atoms with Crippen molar-refractivity contribution in [2.45, 2.75) is 32.3 Å². The number of hydrogen-bond acceptors (Lipinski definition) is 2. The van der Waals surface area contributed by atoms with Crippen molar-refractivity contribution in [2.24, 2.45) is 5.92 Å². The summed E-state index contributed by atoms with van der Waals surface area (Å²) < 4.78 is 5.21. The lowest BCUT2D eigenvalue weighted by Crippen LogP contribution is -2.05. The van der Waals surface area contributed by atoms with Gasteiger partial charge in [0.2, 0.25) is 0 Å². The summed E-state index contributed by atoms with van der Waals surface area (Å²) in [5, 5.41) is 8.97. The first-order chi connectivity index (χ1) is 4.79. The highest BCUT2D eigenvalue weighted by Crippen LogP contribution is 2.18. The van der Waals surface area contributed by atoms with Gasteiger partial charge >= 0.3 is 0 Å². The summed E-state index contributed by atoms with van der Waals surface area (Å²) >= 11 is 0. The van der Waals surface area contributed by atoms with Gasteiger partial charge in [-0.1, -0.05) is 0 Å². The molecule has 1 fully saturated rings. The van der Waals surface area contributed by atoms with Crippen LogP contribution in [0.4, 0.5) is 0 Å². The molecule has 1 saturated heterocycles. The van der Waals surface area contributed by atoms with E-state index in [4.69, 9.17) is 9.84 Å². The summed E-state index contributed by atoms with van der Waals surface area (Å²) in [5.74, 6) is 0.717. The van der Waals surface area contributed by atoms with E-state index in [0.29, 0.717) is 0 Å². The Labute approximate surface area is 62.2 Å². The molecule has 0 amide bonds. The van der Waals surface area contributed by atoms with E-state index in [1.807, 2.05) is 6.92 Å². The minimum absolute atomic E-state index is 0.138. The maximum atomic E-state index is 8.97. The summed E-state index contributed by atoms with van der Waals surface area (Å²) in [7, 11) is 0. The van der Waals surface area contributed by atoms with Crippen molar-refractivity contribution < 1.29 is 9.84 Å². The molecule has 1 heterocycles. The molecule has 0 saturated carbocycles. The van der Waals surface area contributed by atoms with Crippen LogP contribution in [-0.2, 0) is 4.74 Å². The van der Waals surface area contributed by atoms with Crippen LogP contribution in [0.25, 0.3) is 0 Å². The fraction of sp³-hybridized carbons (Fsp3) is 1.00. The fourth-order valence-corrected chi connectivity index (χ4v) is 1.29. The first kappa shape index (κ1) is 8.02. The van der Waals surface area contributed by atoms with Gasteiger partial charge in [0.25, 0.3) is 0 Å². The van der Waals surface area contributed by atoms with Crippen LogP contribution in [0.15, 0.2) is 0 Å². The van der Waals surface area contributed by atoms with Crippen LogP contribution in [0.1, 0.15) is 26.2 Å². The van der Waals surface area contributed by atoms with E-state index < -0.39 is 0 Å². The molecule has 1 aliphatic heterocycles. The van der Waals surface area contributed by atoms with Gasteiger partial charge in [-0.15, -0.1) is 0 Å². The Balaban J connectivity index is 2.01. The van der Waals surface area contributed by atoms with E-state index in [9.17, 15) is 0 Å².